The van der Waals surface area contributed by atoms with Gasteiger partial charge in [0.1, 0.15) is 0 Å². The van der Waals surface area contributed by atoms with Crippen molar-refractivity contribution >= 4 is 23.0 Å². The van der Waals surface area contributed by atoms with Crippen molar-refractivity contribution in [3.63, 3.8) is 0 Å². The molecule has 3 rings (SSSR count). The molecule has 6 heteroatoms. The molecule has 1 amide bonds. The molecule has 1 atom stereocenters. The van der Waals surface area contributed by atoms with Crippen LogP contribution < -0.4 is 5.32 Å². The molecule has 3 aromatic rings. The van der Waals surface area contributed by atoms with Crippen LogP contribution in [0.3, 0.4) is 0 Å². The molecule has 0 aliphatic carbocycles. The molecule has 3 heterocycles. The number of hydrogen-bond acceptors (Lipinski definition) is 3. The van der Waals surface area contributed by atoms with Crippen molar-refractivity contribution in [1.29, 1.82) is 0 Å². The van der Waals surface area contributed by atoms with Crippen LogP contribution in [0, 0.1) is 0 Å². The van der Waals surface area contributed by atoms with Crippen LogP contribution in [0.2, 0.25) is 5.02 Å². The van der Waals surface area contributed by atoms with Crippen molar-refractivity contribution < 1.29 is 4.79 Å². The summed E-state index contributed by atoms with van der Waals surface area (Å²) in [6, 6.07) is 8.92. The highest BCUT2D eigenvalue weighted by atomic mass is 35.5. The minimum absolute atomic E-state index is 0.139. The van der Waals surface area contributed by atoms with Gasteiger partial charge in [-0.3, -0.25) is 9.78 Å². The lowest BCUT2D eigenvalue weighted by Crippen LogP contribution is -2.27. The summed E-state index contributed by atoms with van der Waals surface area (Å²) >= 11 is 5.90. The summed E-state index contributed by atoms with van der Waals surface area (Å²) < 4.78 is 1.59. The van der Waals surface area contributed by atoms with Gasteiger partial charge in [0.05, 0.1) is 16.6 Å². The molecular formula is C15H13ClN4O. The number of carbonyl (C=O) groups is 1. The van der Waals surface area contributed by atoms with E-state index in [0.717, 1.165) is 11.1 Å². The average molecular weight is 301 g/mol. The van der Waals surface area contributed by atoms with Gasteiger partial charge in [-0.05, 0) is 36.8 Å². The maximum atomic E-state index is 12.2. The van der Waals surface area contributed by atoms with E-state index in [1.54, 1.807) is 35.2 Å². The molecule has 0 aliphatic heterocycles. The Balaban J connectivity index is 1.80. The van der Waals surface area contributed by atoms with Crippen molar-refractivity contribution in [3.05, 3.63) is 65.2 Å². The summed E-state index contributed by atoms with van der Waals surface area (Å²) in [6.45, 7) is 1.90. The largest absolute Gasteiger partial charge is 0.344 e. The Bertz CT molecular complexity index is 785. The van der Waals surface area contributed by atoms with Crippen LogP contribution in [0.15, 0.2) is 48.9 Å². The SMILES string of the molecule is CC(NC(=O)c1cc2ccc(Cl)cn2n1)c1cccnc1. The van der Waals surface area contributed by atoms with E-state index in [-0.39, 0.29) is 11.9 Å². The zero-order chi connectivity index (χ0) is 14.8. The third-order valence-corrected chi connectivity index (χ3v) is 3.41. The summed E-state index contributed by atoms with van der Waals surface area (Å²) in [5.74, 6) is -0.230. The minimum atomic E-state index is -0.230. The van der Waals surface area contributed by atoms with Gasteiger partial charge < -0.3 is 5.32 Å². The third-order valence-electron chi connectivity index (χ3n) is 3.19. The molecule has 0 saturated heterocycles. The molecule has 0 radical (unpaired) electrons. The van der Waals surface area contributed by atoms with E-state index in [2.05, 4.69) is 15.4 Å². The fourth-order valence-electron chi connectivity index (χ4n) is 2.06. The number of rotatable bonds is 3. The Kier molecular flexibility index (Phi) is 3.58. The predicted octanol–water partition coefficient (Wildman–Crippen LogP) is 2.87. The Hall–Kier alpha value is -2.40. The van der Waals surface area contributed by atoms with Gasteiger partial charge >= 0.3 is 0 Å². The number of hydrogen-bond donors (Lipinski definition) is 1. The van der Waals surface area contributed by atoms with E-state index in [0.29, 0.717) is 10.7 Å². The number of nitrogens with zero attached hydrogens (tertiary/aromatic N) is 3. The van der Waals surface area contributed by atoms with Crippen LogP contribution in [0.5, 0.6) is 0 Å². The molecule has 0 spiro atoms. The second-order valence-corrected chi connectivity index (χ2v) is 5.16. The van der Waals surface area contributed by atoms with E-state index >= 15 is 0 Å². The van der Waals surface area contributed by atoms with E-state index in [4.69, 9.17) is 11.6 Å². The van der Waals surface area contributed by atoms with E-state index in [9.17, 15) is 4.79 Å². The quantitative estimate of drug-likeness (QED) is 0.809. The van der Waals surface area contributed by atoms with Gasteiger partial charge in [0.2, 0.25) is 0 Å². The third kappa shape index (κ3) is 2.87. The number of amides is 1. The van der Waals surface area contributed by atoms with Crippen molar-refractivity contribution in [1.82, 2.24) is 19.9 Å². The first kappa shape index (κ1) is 13.6. The molecule has 0 aliphatic rings. The molecule has 0 bridgehead atoms. The second-order valence-electron chi connectivity index (χ2n) is 4.73. The highest BCUT2D eigenvalue weighted by Gasteiger charge is 2.14. The molecule has 5 nitrogen and oxygen atoms in total. The van der Waals surface area contributed by atoms with Crippen molar-refractivity contribution in [2.45, 2.75) is 13.0 Å². The number of pyridine rings is 2. The molecular weight excluding hydrogens is 288 g/mol. The lowest BCUT2D eigenvalue weighted by atomic mass is 10.1. The van der Waals surface area contributed by atoms with E-state index in [1.165, 1.54) is 0 Å². The molecule has 21 heavy (non-hydrogen) atoms. The summed E-state index contributed by atoms with van der Waals surface area (Å²) in [7, 11) is 0. The van der Waals surface area contributed by atoms with E-state index in [1.807, 2.05) is 25.1 Å². The first-order chi connectivity index (χ1) is 10.1. The highest BCUT2D eigenvalue weighted by molar-refractivity contribution is 6.30. The molecule has 1 N–H and O–H groups in total. The lowest BCUT2D eigenvalue weighted by molar-refractivity contribution is 0.0934. The Morgan fingerprint density at radius 3 is 3.00 bits per heavy atom. The standard InChI is InChI=1S/C15H13ClN4O/c1-10(11-3-2-6-17-8-11)18-15(21)14-7-13-5-4-12(16)9-20(13)19-14/h2-10H,1H3,(H,18,21). The first-order valence-electron chi connectivity index (χ1n) is 6.49. The maximum Gasteiger partial charge on any atom is 0.272 e. The van der Waals surface area contributed by atoms with Crippen LogP contribution >= 0.6 is 11.6 Å². The Morgan fingerprint density at radius 2 is 2.24 bits per heavy atom. The van der Waals surface area contributed by atoms with Crippen LogP contribution in [-0.2, 0) is 0 Å². The molecule has 3 aromatic heterocycles. The van der Waals surface area contributed by atoms with Gasteiger partial charge in [0, 0.05) is 18.6 Å². The second kappa shape index (κ2) is 5.54. The molecule has 0 saturated carbocycles. The molecule has 0 fully saturated rings. The number of fused-ring (bicyclic) bond motifs is 1. The number of carbonyl (C=O) groups excluding carboxylic acids is 1. The topological polar surface area (TPSA) is 59.3 Å². The predicted molar refractivity (Wildman–Crippen MR) is 80.3 cm³/mol. The van der Waals surface area contributed by atoms with Gasteiger partial charge in [-0.15, -0.1) is 0 Å². The smallest absolute Gasteiger partial charge is 0.272 e. The fraction of sp³-hybridized carbons (Fsp3) is 0.133. The first-order valence-corrected chi connectivity index (χ1v) is 6.87. The number of nitrogens with one attached hydrogen (secondary N) is 1. The van der Waals surface area contributed by atoms with Crippen LogP contribution in [0.25, 0.3) is 5.52 Å². The summed E-state index contributed by atoms with van der Waals surface area (Å²) in [6.07, 6.45) is 5.09. The number of aromatic nitrogens is 3. The molecule has 1 unspecified atom stereocenters. The summed E-state index contributed by atoms with van der Waals surface area (Å²) in [5.41, 5.74) is 2.12. The van der Waals surface area contributed by atoms with Gasteiger partial charge in [0.15, 0.2) is 5.69 Å². The Labute approximate surface area is 126 Å². The minimum Gasteiger partial charge on any atom is -0.344 e. The van der Waals surface area contributed by atoms with E-state index < -0.39 is 0 Å². The van der Waals surface area contributed by atoms with Gasteiger partial charge in [-0.25, -0.2) is 4.52 Å². The fourth-order valence-corrected chi connectivity index (χ4v) is 2.21. The van der Waals surface area contributed by atoms with Crippen LogP contribution in [0.1, 0.15) is 29.0 Å². The lowest BCUT2D eigenvalue weighted by Gasteiger charge is -2.12. The molecule has 106 valence electrons. The average Bonchev–Trinajstić information content (AvgIpc) is 2.91. The van der Waals surface area contributed by atoms with Gasteiger partial charge in [-0.1, -0.05) is 17.7 Å². The molecule has 0 aromatic carbocycles. The van der Waals surface area contributed by atoms with Crippen molar-refractivity contribution in [3.8, 4) is 0 Å². The van der Waals surface area contributed by atoms with Crippen molar-refractivity contribution in [2.75, 3.05) is 0 Å². The van der Waals surface area contributed by atoms with Crippen LogP contribution in [0.4, 0.5) is 0 Å². The van der Waals surface area contributed by atoms with Gasteiger partial charge in [-0.2, -0.15) is 5.10 Å². The summed E-state index contributed by atoms with van der Waals surface area (Å²) in [4.78, 5) is 16.3. The maximum absolute atomic E-state index is 12.2. The summed E-state index contributed by atoms with van der Waals surface area (Å²) in [5, 5.41) is 7.70. The zero-order valence-corrected chi connectivity index (χ0v) is 12.1. The zero-order valence-electron chi connectivity index (χ0n) is 11.3. The Morgan fingerprint density at radius 1 is 1.38 bits per heavy atom. The highest BCUT2D eigenvalue weighted by Crippen LogP contribution is 2.14. The monoisotopic (exact) mass is 300 g/mol. The normalized spacial score (nSPS) is 12.3. The van der Waals surface area contributed by atoms with Gasteiger partial charge in [0.25, 0.3) is 5.91 Å². The van der Waals surface area contributed by atoms with Crippen LogP contribution in [-0.4, -0.2) is 20.5 Å². The number of halogens is 1. The van der Waals surface area contributed by atoms with Crippen molar-refractivity contribution in [2.24, 2.45) is 0 Å².